The Morgan fingerprint density at radius 3 is 2.94 bits per heavy atom. The van der Waals surface area contributed by atoms with Gasteiger partial charge in [0.1, 0.15) is 0 Å². The lowest BCUT2D eigenvalue weighted by molar-refractivity contribution is 0.0782. The van der Waals surface area contributed by atoms with Crippen molar-refractivity contribution >= 4 is 5.91 Å². The Balaban J connectivity index is 1.77. The van der Waals surface area contributed by atoms with Crippen LogP contribution in [0.4, 0.5) is 0 Å². The van der Waals surface area contributed by atoms with Crippen LogP contribution in [0.1, 0.15) is 34.3 Å². The maximum atomic E-state index is 12.4. The molecule has 1 amide bonds. The number of benzene rings is 1. The molecule has 2 aliphatic rings. The highest BCUT2D eigenvalue weighted by molar-refractivity contribution is 5.94. The second-order valence-corrected chi connectivity index (χ2v) is 5.43. The van der Waals surface area contributed by atoms with Gasteiger partial charge in [-0.3, -0.25) is 4.79 Å². The van der Waals surface area contributed by atoms with Gasteiger partial charge in [-0.05, 0) is 48.9 Å². The maximum Gasteiger partial charge on any atom is 0.253 e. The van der Waals surface area contributed by atoms with Crippen LogP contribution >= 0.6 is 0 Å². The smallest absolute Gasteiger partial charge is 0.253 e. The first-order valence-corrected chi connectivity index (χ1v) is 6.80. The number of hydrogen-bond acceptors (Lipinski definition) is 2. The van der Waals surface area contributed by atoms with Crippen molar-refractivity contribution in [2.24, 2.45) is 5.92 Å². The molecule has 1 aliphatic heterocycles. The molecule has 3 heteroatoms. The van der Waals surface area contributed by atoms with Gasteiger partial charge in [0.25, 0.3) is 5.91 Å². The van der Waals surface area contributed by atoms with Crippen molar-refractivity contribution in [2.75, 3.05) is 19.7 Å². The average Bonchev–Trinajstić information content (AvgIpc) is 3.05. The number of rotatable bonds is 2. The number of fused-ring (bicyclic) bond motifs is 1. The zero-order chi connectivity index (χ0) is 12.5. The largest absolute Gasteiger partial charge is 0.396 e. The molecule has 96 valence electrons. The van der Waals surface area contributed by atoms with Gasteiger partial charge >= 0.3 is 0 Å². The van der Waals surface area contributed by atoms with Crippen LogP contribution in [0.15, 0.2) is 18.2 Å². The molecular formula is C15H19NO2. The Hall–Kier alpha value is -1.35. The lowest BCUT2D eigenvalue weighted by Crippen LogP contribution is -2.29. The van der Waals surface area contributed by atoms with Gasteiger partial charge in [0.05, 0.1) is 0 Å². The van der Waals surface area contributed by atoms with E-state index in [1.54, 1.807) is 0 Å². The number of amides is 1. The summed E-state index contributed by atoms with van der Waals surface area (Å²) in [6.45, 7) is 1.67. The Bertz CT molecular complexity index is 470. The van der Waals surface area contributed by atoms with Gasteiger partial charge < -0.3 is 10.0 Å². The molecule has 18 heavy (non-hydrogen) atoms. The van der Waals surface area contributed by atoms with Crippen LogP contribution in [0.25, 0.3) is 0 Å². The van der Waals surface area contributed by atoms with Crippen LogP contribution in [0.2, 0.25) is 0 Å². The molecule has 1 atom stereocenters. The van der Waals surface area contributed by atoms with E-state index in [-0.39, 0.29) is 18.4 Å². The maximum absolute atomic E-state index is 12.4. The van der Waals surface area contributed by atoms with Crippen molar-refractivity contribution in [2.45, 2.75) is 25.7 Å². The summed E-state index contributed by atoms with van der Waals surface area (Å²) in [5, 5.41) is 9.13. The fourth-order valence-electron chi connectivity index (χ4n) is 3.05. The van der Waals surface area contributed by atoms with Crippen LogP contribution in [-0.2, 0) is 12.8 Å². The second-order valence-electron chi connectivity index (χ2n) is 5.43. The fraction of sp³-hybridized carbons (Fsp3) is 0.533. The normalized spacial score (nSPS) is 22.3. The summed E-state index contributed by atoms with van der Waals surface area (Å²) >= 11 is 0. The highest BCUT2D eigenvalue weighted by Crippen LogP contribution is 2.24. The van der Waals surface area contributed by atoms with Crippen molar-refractivity contribution in [3.05, 3.63) is 34.9 Å². The molecule has 1 aromatic rings. The molecule has 1 N–H and O–H groups in total. The van der Waals surface area contributed by atoms with Crippen molar-refractivity contribution in [1.29, 1.82) is 0 Å². The first-order valence-electron chi connectivity index (χ1n) is 6.80. The van der Waals surface area contributed by atoms with E-state index in [1.165, 1.54) is 17.5 Å². The van der Waals surface area contributed by atoms with Gasteiger partial charge in [0, 0.05) is 31.2 Å². The molecule has 0 saturated carbocycles. The van der Waals surface area contributed by atoms with Gasteiger partial charge in [0.2, 0.25) is 0 Å². The average molecular weight is 245 g/mol. The van der Waals surface area contributed by atoms with Gasteiger partial charge in [-0.1, -0.05) is 6.07 Å². The van der Waals surface area contributed by atoms with Crippen LogP contribution in [-0.4, -0.2) is 35.6 Å². The lowest BCUT2D eigenvalue weighted by Gasteiger charge is -2.16. The number of nitrogens with zero attached hydrogens (tertiary/aromatic N) is 1. The third-order valence-electron chi connectivity index (χ3n) is 4.18. The lowest BCUT2D eigenvalue weighted by atomic mass is 10.1. The highest BCUT2D eigenvalue weighted by Gasteiger charge is 2.26. The van der Waals surface area contributed by atoms with Crippen molar-refractivity contribution < 1.29 is 9.90 Å². The third kappa shape index (κ3) is 2.03. The number of likely N-dealkylation sites (tertiary alicyclic amines) is 1. The van der Waals surface area contributed by atoms with Crippen LogP contribution in [0, 0.1) is 5.92 Å². The molecule has 1 aromatic carbocycles. The van der Waals surface area contributed by atoms with Crippen LogP contribution in [0.5, 0.6) is 0 Å². The zero-order valence-electron chi connectivity index (χ0n) is 10.6. The zero-order valence-corrected chi connectivity index (χ0v) is 10.6. The highest BCUT2D eigenvalue weighted by atomic mass is 16.3. The van der Waals surface area contributed by atoms with E-state index in [0.29, 0.717) is 6.54 Å². The standard InChI is InChI=1S/C15H19NO2/c17-10-11-6-7-16(9-11)15(18)14-5-4-12-2-1-3-13(12)8-14/h4-5,8,11,17H,1-3,6-7,9-10H2. The van der Waals surface area contributed by atoms with E-state index >= 15 is 0 Å². The van der Waals surface area contributed by atoms with Gasteiger partial charge in [-0.2, -0.15) is 0 Å². The Labute approximate surface area is 107 Å². The van der Waals surface area contributed by atoms with E-state index in [2.05, 4.69) is 12.1 Å². The summed E-state index contributed by atoms with van der Waals surface area (Å²) in [5.41, 5.74) is 3.56. The first kappa shape index (κ1) is 11.7. The summed E-state index contributed by atoms with van der Waals surface area (Å²) < 4.78 is 0. The molecule has 1 heterocycles. The fourth-order valence-corrected chi connectivity index (χ4v) is 3.05. The number of aliphatic hydroxyl groups is 1. The predicted octanol–water partition coefficient (Wildman–Crippen LogP) is 1.63. The molecule has 0 spiro atoms. The minimum absolute atomic E-state index is 0.126. The molecule has 1 saturated heterocycles. The van der Waals surface area contributed by atoms with E-state index in [9.17, 15) is 4.79 Å². The molecular weight excluding hydrogens is 226 g/mol. The SMILES string of the molecule is O=C(c1ccc2c(c1)CCC2)N1CCC(CO)C1. The summed E-state index contributed by atoms with van der Waals surface area (Å²) in [5.74, 6) is 0.393. The second kappa shape index (κ2) is 4.73. The Kier molecular flexibility index (Phi) is 3.08. The summed E-state index contributed by atoms with van der Waals surface area (Å²) in [6, 6.07) is 6.13. The Morgan fingerprint density at radius 1 is 1.33 bits per heavy atom. The molecule has 3 nitrogen and oxygen atoms in total. The first-order chi connectivity index (χ1) is 8.78. The molecule has 1 aliphatic carbocycles. The van der Waals surface area contributed by atoms with Crippen molar-refractivity contribution in [1.82, 2.24) is 4.90 Å². The van der Waals surface area contributed by atoms with Crippen molar-refractivity contribution in [3.63, 3.8) is 0 Å². The Morgan fingerprint density at radius 2 is 2.17 bits per heavy atom. The number of hydrogen-bond donors (Lipinski definition) is 1. The van der Waals surface area contributed by atoms with E-state index in [4.69, 9.17) is 5.11 Å². The minimum atomic E-state index is 0.126. The monoisotopic (exact) mass is 245 g/mol. The van der Waals surface area contributed by atoms with Gasteiger partial charge in [-0.15, -0.1) is 0 Å². The number of carbonyl (C=O) groups is 1. The van der Waals surface area contributed by atoms with E-state index in [1.807, 2.05) is 11.0 Å². The summed E-state index contributed by atoms with van der Waals surface area (Å²) in [6.07, 6.45) is 4.40. The van der Waals surface area contributed by atoms with Gasteiger partial charge in [-0.25, -0.2) is 0 Å². The van der Waals surface area contributed by atoms with Crippen LogP contribution in [0.3, 0.4) is 0 Å². The molecule has 0 radical (unpaired) electrons. The quantitative estimate of drug-likeness (QED) is 0.860. The number of aryl methyl sites for hydroxylation is 2. The topological polar surface area (TPSA) is 40.5 Å². The van der Waals surface area contributed by atoms with E-state index < -0.39 is 0 Å². The molecule has 1 unspecified atom stereocenters. The number of carbonyl (C=O) groups excluding carboxylic acids is 1. The predicted molar refractivity (Wildman–Crippen MR) is 69.6 cm³/mol. The van der Waals surface area contributed by atoms with Crippen LogP contribution < -0.4 is 0 Å². The third-order valence-corrected chi connectivity index (χ3v) is 4.18. The molecule has 0 aromatic heterocycles. The molecule has 1 fully saturated rings. The van der Waals surface area contributed by atoms with E-state index in [0.717, 1.165) is 31.4 Å². The van der Waals surface area contributed by atoms with Crippen molar-refractivity contribution in [3.8, 4) is 0 Å². The number of aliphatic hydroxyl groups excluding tert-OH is 1. The summed E-state index contributed by atoms with van der Waals surface area (Å²) in [4.78, 5) is 14.2. The molecule has 0 bridgehead atoms. The van der Waals surface area contributed by atoms with Gasteiger partial charge in [0.15, 0.2) is 0 Å². The minimum Gasteiger partial charge on any atom is -0.396 e. The molecule has 3 rings (SSSR count). The summed E-state index contributed by atoms with van der Waals surface area (Å²) in [7, 11) is 0.